The second-order valence-corrected chi connectivity index (χ2v) is 8.80. The first-order valence-electron chi connectivity index (χ1n) is 8.95. The Labute approximate surface area is 165 Å². The molecule has 1 saturated heterocycles. The van der Waals surface area contributed by atoms with Crippen molar-refractivity contribution in [3.05, 3.63) is 65.2 Å². The number of piperazine rings is 1. The quantitative estimate of drug-likeness (QED) is 0.820. The monoisotopic (exact) mass is 401 g/mol. The van der Waals surface area contributed by atoms with E-state index in [9.17, 15) is 18.0 Å². The minimum Gasteiger partial charge on any atom is -0.354 e. The van der Waals surface area contributed by atoms with Crippen LogP contribution >= 0.6 is 0 Å². The van der Waals surface area contributed by atoms with Gasteiger partial charge in [0.1, 0.15) is 0 Å². The molecule has 1 fully saturated rings. The molecule has 0 saturated carbocycles. The molecule has 148 valence electrons. The number of sulfonamides is 1. The molecule has 1 aliphatic heterocycles. The summed E-state index contributed by atoms with van der Waals surface area (Å²) in [5, 5.41) is 2.60. The summed E-state index contributed by atoms with van der Waals surface area (Å²) in [6, 6.07) is 13.8. The molecule has 28 heavy (non-hydrogen) atoms. The highest BCUT2D eigenvalue weighted by atomic mass is 32.2. The van der Waals surface area contributed by atoms with Crippen LogP contribution in [0.25, 0.3) is 0 Å². The highest BCUT2D eigenvalue weighted by Crippen LogP contribution is 2.19. The van der Waals surface area contributed by atoms with E-state index >= 15 is 0 Å². The highest BCUT2D eigenvalue weighted by molar-refractivity contribution is 7.89. The van der Waals surface area contributed by atoms with Crippen LogP contribution in [-0.2, 0) is 21.4 Å². The van der Waals surface area contributed by atoms with Gasteiger partial charge in [-0.05, 0) is 30.7 Å². The molecule has 0 aliphatic carbocycles. The molecule has 0 spiro atoms. The second kappa shape index (κ2) is 8.12. The van der Waals surface area contributed by atoms with Crippen molar-refractivity contribution in [3.63, 3.8) is 0 Å². The predicted octanol–water partition coefficient (Wildman–Crippen LogP) is 1.39. The lowest BCUT2D eigenvalue weighted by molar-refractivity contribution is -0.122. The van der Waals surface area contributed by atoms with Gasteiger partial charge >= 0.3 is 0 Å². The number of nitrogens with zero attached hydrogens (tertiary/aromatic N) is 2. The molecule has 1 aliphatic rings. The van der Waals surface area contributed by atoms with Gasteiger partial charge < -0.3 is 10.2 Å². The van der Waals surface area contributed by atoms with Crippen LogP contribution in [0.4, 0.5) is 0 Å². The lowest BCUT2D eigenvalue weighted by Gasteiger charge is -2.26. The van der Waals surface area contributed by atoms with E-state index in [1.807, 2.05) is 31.2 Å². The summed E-state index contributed by atoms with van der Waals surface area (Å²) in [5.41, 5.74) is 2.42. The summed E-state index contributed by atoms with van der Waals surface area (Å²) in [4.78, 5) is 25.9. The van der Waals surface area contributed by atoms with Crippen LogP contribution in [0.1, 0.15) is 21.5 Å². The summed E-state index contributed by atoms with van der Waals surface area (Å²) >= 11 is 0. The molecule has 0 aromatic heterocycles. The molecule has 2 amide bonds. The minimum atomic E-state index is -3.84. The van der Waals surface area contributed by atoms with Gasteiger partial charge in [0.15, 0.2) is 0 Å². The third kappa shape index (κ3) is 4.40. The van der Waals surface area contributed by atoms with Crippen molar-refractivity contribution in [1.82, 2.24) is 14.5 Å². The maximum absolute atomic E-state index is 12.8. The fourth-order valence-electron chi connectivity index (χ4n) is 3.02. The van der Waals surface area contributed by atoms with Gasteiger partial charge in [-0.25, -0.2) is 8.42 Å². The Bertz CT molecular complexity index is 987. The van der Waals surface area contributed by atoms with Crippen LogP contribution in [0, 0.1) is 6.92 Å². The molecule has 7 nitrogen and oxygen atoms in total. The number of benzene rings is 2. The van der Waals surface area contributed by atoms with E-state index in [0.29, 0.717) is 6.54 Å². The van der Waals surface area contributed by atoms with E-state index in [0.717, 1.165) is 15.4 Å². The summed E-state index contributed by atoms with van der Waals surface area (Å²) in [5.74, 6) is -0.603. The van der Waals surface area contributed by atoms with E-state index in [-0.39, 0.29) is 41.9 Å². The Hall–Kier alpha value is -2.71. The first kappa shape index (κ1) is 20.0. The van der Waals surface area contributed by atoms with Gasteiger partial charge in [0, 0.05) is 32.2 Å². The van der Waals surface area contributed by atoms with Crippen LogP contribution in [0.2, 0.25) is 0 Å². The Morgan fingerprint density at radius 3 is 2.57 bits per heavy atom. The van der Waals surface area contributed by atoms with E-state index in [1.165, 1.54) is 12.1 Å². The Kier molecular flexibility index (Phi) is 5.81. The van der Waals surface area contributed by atoms with Crippen LogP contribution in [0.3, 0.4) is 0 Å². The third-order valence-electron chi connectivity index (χ3n) is 4.61. The molecule has 2 aromatic rings. The zero-order valence-electron chi connectivity index (χ0n) is 15.9. The molecule has 8 heteroatoms. The van der Waals surface area contributed by atoms with Crippen molar-refractivity contribution in [2.45, 2.75) is 18.4 Å². The maximum atomic E-state index is 12.8. The van der Waals surface area contributed by atoms with E-state index in [2.05, 4.69) is 5.32 Å². The summed E-state index contributed by atoms with van der Waals surface area (Å²) < 4.78 is 26.8. The van der Waals surface area contributed by atoms with Crippen molar-refractivity contribution < 1.29 is 18.0 Å². The van der Waals surface area contributed by atoms with E-state index < -0.39 is 10.0 Å². The van der Waals surface area contributed by atoms with E-state index in [4.69, 9.17) is 0 Å². The fourth-order valence-corrected chi connectivity index (χ4v) is 4.46. The van der Waals surface area contributed by atoms with Crippen LogP contribution in [0.15, 0.2) is 53.4 Å². The minimum absolute atomic E-state index is 0.0109. The number of amides is 2. The molecule has 3 rings (SSSR count). The Morgan fingerprint density at radius 1 is 1.18 bits per heavy atom. The van der Waals surface area contributed by atoms with Gasteiger partial charge in [-0.3, -0.25) is 9.59 Å². The maximum Gasteiger partial charge on any atom is 0.253 e. The first-order chi connectivity index (χ1) is 13.3. The molecule has 0 bridgehead atoms. The molecule has 0 unspecified atom stereocenters. The number of aryl methyl sites for hydroxylation is 1. The largest absolute Gasteiger partial charge is 0.354 e. The molecular weight excluding hydrogens is 378 g/mol. The van der Waals surface area contributed by atoms with Gasteiger partial charge in [-0.1, -0.05) is 35.9 Å². The zero-order valence-corrected chi connectivity index (χ0v) is 16.7. The SMILES string of the molecule is Cc1ccc(CN(C)C(=O)c2cccc(S(=O)(=O)N3CCNC(=O)C3)c2)cc1. The van der Waals surface area contributed by atoms with Crippen molar-refractivity contribution >= 4 is 21.8 Å². The van der Waals surface area contributed by atoms with Gasteiger partial charge in [0.25, 0.3) is 5.91 Å². The number of carbonyl (C=O) groups excluding carboxylic acids is 2. The van der Waals surface area contributed by atoms with Crippen molar-refractivity contribution in [3.8, 4) is 0 Å². The van der Waals surface area contributed by atoms with Crippen LogP contribution < -0.4 is 5.32 Å². The van der Waals surface area contributed by atoms with Crippen molar-refractivity contribution in [1.29, 1.82) is 0 Å². The molecule has 0 atom stereocenters. The zero-order chi connectivity index (χ0) is 20.3. The molecule has 1 heterocycles. The van der Waals surface area contributed by atoms with Gasteiger partial charge in [0.05, 0.1) is 11.4 Å². The van der Waals surface area contributed by atoms with Crippen molar-refractivity contribution in [2.75, 3.05) is 26.7 Å². The number of rotatable bonds is 5. The standard InChI is InChI=1S/C20H23N3O4S/c1-15-6-8-16(9-7-15)13-22(2)20(25)17-4-3-5-18(12-17)28(26,27)23-11-10-21-19(24)14-23/h3-9,12H,10-11,13-14H2,1-2H3,(H,21,24). The van der Waals surface area contributed by atoms with Gasteiger partial charge in [-0.2, -0.15) is 4.31 Å². The Morgan fingerprint density at radius 2 is 1.89 bits per heavy atom. The number of carbonyl (C=O) groups is 2. The van der Waals surface area contributed by atoms with Crippen LogP contribution in [-0.4, -0.2) is 56.1 Å². The average molecular weight is 401 g/mol. The lowest BCUT2D eigenvalue weighted by atomic mass is 10.1. The number of nitrogens with one attached hydrogen (secondary N) is 1. The molecule has 2 aromatic carbocycles. The Balaban J connectivity index is 1.79. The molecular formula is C20H23N3O4S. The van der Waals surface area contributed by atoms with Crippen molar-refractivity contribution in [2.24, 2.45) is 0 Å². The highest BCUT2D eigenvalue weighted by Gasteiger charge is 2.29. The molecule has 0 radical (unpaired) electrons. The number of hydrogen-bond donors (Lipinski definition) is 1. The first-order valence-corrected chi connectivity index (χ1v) is 10.4. The summed E-state index contributed by atoms with van der Waals surface area (Å²) in [7, 11) is -2.16. The fraction of sp³-hybridized carbons (Fsp3) is 0.300. The van der Waals surface area contributed by atoms with Gasteiger partial charge in [-0.15, -0.1) is 0 Å². The molecule has 1 N–H and O–H groups in total. The third-order valence-corrected chi connectivity index (χ3v) is 6.45. The summed E-state index contributed by atoms with van der Waals surface area (Å²) in [6.07, 6.45) is 0. The number of hydrogen-bond acceptors (Lipinski definition) is 4. The average Bonchev–Trinajstić information content (AvgIpc) is 2.69. The normalized spacial score (nSPS) is 15.1. The second-order valence-electron chi connectivity index (χ2n) is 6.86. The predicted molar refractivity (Wildman–Crippen MR) is 105 cm³/mol. The van der Waals surface area contributed by atoms with Crippen LogP contribution in [0.5, 0.6) is 0 Å². The summed E-state index contributed by atoms with van der Waals surface area (Å²) in [6.45, 7) is 2.68. The smallest absolute Gasteiger partial charge is 0.253 e. The van der Waals surface area contributed by atoms with Gasteiger partial charge in [0.2, 0.25) is 15.9 Å². The topological polar surface area (TPSA) is 86.8 Å². The lowest BCUT2D eigenvalue weighted by Crippen LogP contribution is -2.49. The van der Waals surface area contributed by atoms with E-state index in [1.54, 1.807) is 24.1 Å².